The van der Waals surface area contributed by atoms with E-state index < -0.39 is 22.2 Å². The van der Waals surface area contributed by atoms with E-state index in [1.165, 1.54) is 23.4 Å². The molecule has 2 aromatic rings. The minimum atomic E-state index is -1.12. The van der Waals surface area contributed by atoms with Gasteiger partial charge < -0.3 is 14.9 Å². The standard InChI is InChI=1S/C25H32F2NO3PS/c26-18-4-7-22-16(12-18)2-6-23(31-22)20(29)14-28(32)15-21(30)25-8-3-17-13-19(27)5-9-24(17)33(25)10-1-11-33/h4-5,7,9,12-13,20-21,23,25,29-30H,1-3,6,8,10-11,14-15,32H2/t20-,21-,23+,25-/m0/s1. The predicted octanol–water partition coefficient (Wildman–Crippen LogP) is 4.05. The Morgan fingerprint density at radius 1 is 0.970 bits per heavy atom. The number of rotatable bonds is 6. The first-order valence-electron chi connectivity index (χ1n) is 11.7. The van der Waals surface area contributed by atoms with Crippen molar-refractivity contribution in [3.63, 3.8) is 0 Å². The van der Waals surface area contributed by atoms with Crippen LogP contribution in [0.2, 0.25) is 0 Å². The first-order chi connectivity index (χ1) is 15.9. The first kappa shape index (κ1) is 23.5. The minimum Gasteiger partial charge on any atom is -0.487 e. The largest absolute Gasteiger partial charge is 0.487 e. The van der Waals surface area contributed by atoms with Crippen molar-refractivity contribution in [2.75, 3.05) is 24.6 Å². The highest BCUT2D eigenvalue weighted by molar-refractivity contribution is 8.35. The van der Waals surface area contributed by atoms with E-state index in [0.717, 1.165) is 35.5 Å². The van der Waals surface area contributed by atoms with E-state index in [1.807, 2.05) is 10.7 Å². The van der Waals surface area contributed by atoms with Crippen LogP contribution in [-0.4, -0.2) is 63.0 Å². The van der Waals surface area contributed by atoms with Crippen LogP contribution in [0.1, 0.15) is 30.4 Å². The van der Waals surface area contributed by atoms with Gasteiger partial charge in [-0.3, -0.25) is 4.67 Å². The molecule has 1 saturated heterocycles. The Labute approximate surface area is 197 Å². The maximum absolute atomic E-state index is 13.8. The fourth-order valence-electron chi connectivity index (χ4n) is 5.74. The van der Waals surface area contributed by atoms with Crippen LogP contribution in [0.4, 0.5) is 8.78 Å². The summed E-state index contributed by atoms with van der Waals surface area (Å²) in [6, 6.07) is 9.70. The maximum Gasteiger partial charge on any atom is 0.126 e. The number of aryl methyl sites for hydroxylation is 2. The summed E-state index contributed by atoms with van der Waals surface area (Å²) in [6.07, 6.45) is 2.58. The molecular formula is C25H32F2NO3PS. The van der Waals surface area contributed by atoms with Crippen molar-refractivity contribution in [3.8, 4) is 5.75 Å². The second-order valence-corrected chi connectivity index (χ2v) is 14.1. The Kier molecular flexibility index (Phi) is 6.71. The zero-order valence-electron chi connectivity index (χ0n) is 18.6. The van der Waals surface area contributed by atoms with Crippen LogP contribution in [0.3, 0.4) is 0 Å². The lowest BCUT2D eigenvalue weighted by Crippen LogP contribution is -2.47. The summed E-state index contributed by atoms with van der Waals surface area (Å²) >= 11 is 0. The number of nitrogens with zero attached hydrogens (tertiary/aromatic N) is 1. The Morgan fingerprint density at radius 2 is 1.64 bits per heavy atom. The molecule has 33 heavy (non-hydrogen) atoms. The van der Waals surface area contributed by atoms with Gasteiger partial charge in [-0.15, -0.1) is 0 Å². The topological polar surface area (TPSA) is 52.9 Å². The van der Waals surface area contributed by atoms with E-state index in [1.54, 1.807) is 18.2 Å². The molecule has 8 heteroatoms. The van der Waals surface area contributed by atoms with Gasteiger partial charge in [-0.25, -0.2) is 18.8 Å². The highest BCUT2D eigenvalue weighted by Gasteiger charge is 2.47. The lowest BCUT2D eigenvalue weighted by Gasteiger charge is -2.58. The highest BCUT2D eigenvalue weighted by atomic mass is 32.3. The smallest absolute Gasteiger partial charge is 0.126 e. The van der Waals surface area contributed by atoms with Gasteiger partial charge >= 0.3 is 0 Å². The van der Waals surface area contributed by atoms with Crippen molar-refractivity contribution >= 4 is 19.4 Å². The number of aliphatic hydroxyl groups is 2. The summed E-state index contributed by atoms with van der Waals surface area (Å²) in [5.74, 6) is 2.41. The third-order valence-corrected chi connectivity index (χ3v) is 12.9. The molecule has 0 amide bonds. The summed E-state index contributed by atoms with van der Waals surface area (Å²) in [6.45, 7) is 0.811. The summed E-state index contributed by atoms with van der Waals surface area (Å²) in [7, 11) is 1.53. The van der Waals surface area contributed by atoms with Crippen LogP contribution in [0.15, 0.2) is 41.3 Å². The Balaban J connectivity index is 1.21. The van der Waals surface area contributed by atoms with E-state index in [0.29, 0.717) is 31.7 Å². The number of benzene rings is 2. The second-order valence-electron chi connectivity index (χ2n) is 9.57. The Bertz CT molecular complexity index is 1020. The summed E-state index contributed by atoms with van der Waals surface area (Å²) in [5.41, 5.74) is 1.96. The summed E-state index contributed by atoms with van der Waals surface area (Å²) in [5, 5.41) is 22.3. The molecule has 0 saturated carbocycles. The van der Waals surface area contributed by atoms with E-state index in [9.17, 15) is 19.0 Å². The van der Waals surface area contributed by atoms with Crippen molar-refractivity contribution in [3.05, 3.63) is 59.2 Å². The van der Waals surface area contributed by atoms with Crippen LogP contribution in [0, 0.1) is 11.6 Å². The molecule has 2 aromatic carbocycles. The van der Waals surface area contributed by atoms with Gasteiger partial charge in [-0.05, 0) is 96.0 Å². The van der Waals surface area contributed by atoms with E-state index in [-0.39, 0.29) is 23.0 Å². The molecule has 3 aliphatic rings. The van der Waals surface area contributed by atoms with Gasteiger partial charge in [-0.1, -0.05) is 9.39 Å². The van der Waals surface area contributed by atoms with Gasteiger partial charge in [0.2, 0.25) is 0 Å². The number of halogens is 2. The SMILES string of the molecule is O[C@@H](CN(P)C[C@H](O)[C@@H]1CCc2cc(F)ccc2S12CCC2)[C@H]1CCc2cc(F)ccc2O1. The molecule has 4 nitrogen and oxygen atoms in total. The van der Waals surface area contributed by atoms with Gasteiger partial charge in [0.05, 0.1) is 6.10 Å². The van der Waals surface area contributed by atoms with Crippen molar-refractivity contribution < 1.29 is 23.7 Å². The number of ether oxygens (including phenoxy) is 1. The number of aliphatic hydroxyl groups excluding tert-OH is 2. The number of hydrogen-bond acceptors (Lipinski definition) is 4. The van der Waals surface area contributed by atoms with Crippen LogP contribution in [-0.2, 0) is 12.8 Å². The van der Waals surface area contributed by atoms with Crippen LogP contribution < -0.4 is 4.74 Å². The molecule has 0 aliphatic carbocycles. The molecule has 180 valence electrons. The van der Waals surface area contributed by atoms with Gasteiger partial charge in [0.25, 0.3) is 0 Å². The molecule has 0 radical (unpaired) electrons. The van der Waals surface area contributed by atoms with Crippen LogP contribution in [0.5, 0.6) is 5.75 Å². The van der Waals surface area contributed by atoms with Crippen molar-refractivity contribution in [1.29, 1.82) is 0 Å². The van der Waals surface area contributed by atoms with Gasteiger partial charge in [-0.2, -0.15) is 0 Å². The first-order valence-corrected chi connectivity index (χ1v) is 14.3. The quantitative estimate of drug-likeness (QED) is 0.594. The van der Waals surface area contributed by atoms with Gasteiger partial charge in [0.15, 0.2) is 0 Å². The number of hydrogen-bond donors (Lipinski definition) is 2. The fourth-order valence-corrected chi connectivity index (χ4v) is 10.7. The molecular weight excluding hydrogens is 463 g/mol. The van der Waals surface area contributed by atoms with Crippen molar-refractivity contribution in [2.45, 2.75) is 60.6 Å². The average molecular weight is 496 g/mol. The summed E-state index contributed by atoms with van der Waals surface area (Å²) < 4.78 is 35.0. The molecule has 5 atom stereocenters. The maximum atomic E-state index is 13.8. The molecule has 2 N–H and O–H groups in total. The van der Waals surface area contributed by atoms with Crippen LogP contribution >= 0.6 is 19.4 Å². The molecule has 1 spiro atoms. The molecule has 1 fully saturated rings. The van der Waals surface area contributed by atoms with Gasteiger partial charge in [0, 0.05) is 18.3 Å². The highest BCUT2D eigenvalue weighted by Crippen LogP contribution is 2.70. The lowest BCUT2D eigenvalue weighted by atomic mass is 9.99. The molecule has 3 aliphatic heterocycles. The summed E-state index contributed by atoms with van der Waals surface area (Å²) in [4.78, 5) is 1.30. The average Bonchev–Trinajstić information content (AvgIpc) is 2.76. The monoisotopic (exact) mass is 495 g/mol. The van der Waals surface area contributed by atoms with Gasteiger partial charge in [0.1, 0.15) is 29.6 Å². The Hall–Kier alpha value is -1.24. The Morgan fingerprint density at radius 3 is 2.36 bits per heavy atom. The lowest BCUT2D eigenvalue weighted by molar-refractivity contribution is 0.0104. The third-order valence-electron chi connectivity index (χ3n) is 7.46. The van der Waals surface area contributed by atoms with E-state index in [4.69, 9.17) is 4.74 Å². The fraction of sp³-hybridized carbons (Fsp3) is 0.520. The molecule has 0 aromatic heterocycles. The molecule has 5 rings (SSSR count). The molecule has 1 unspecified atom stereocenters. The predicted molar refractivity (Wildman–Crippen MR) is 131 cm³/mol. The number of fused-ring (bicyclic) bond motifs is 3. The van der Waals surface area contributed by atoms with Crippen molar-refractivity contribution in [1.82, 2.24) is 4.67 Å². The third kappa shape index (κ3) is 4.55. The molecule has 3 heterocycles. The molecule has 0 bridgehead atoms. The second kappa shape index (κ2) is 9.43. The van der Waals surface area contributed by atoms with E-state index in [2.05, 4.69) is 9.39 Å². The normalized spacial score (nSPS) is 26.0. The zero-order chi connectivity index (χ0) is 23.2. The van der Waals surface area contributed by atoms with Crippen LogP contribution in [0.25, 0.3) is 0 Å². The van der Waals surface area contributed by atoms with Crippen molar-refractivity contribution in [2.24, 2.45) is 0 Å². The zero-order valence-corrected chi connectivity index (χ0v) is 20.6. The minimum absolute atomic E-state index is 0.176. The van der Waals surface area contributed by atoms with E-state index >= 15 is 0 Å².